The molecule has 0 saturated carbocycles. The Kier molecular flexibility index (Phi) is 6.39. The topological polar surface area (TPSA) is 58.4 Å². The third kappa shape index (κ3) is 4.90. The number of anilines is 1. The molecule has 0 spiro atoms. The van der Waals surface area contributed by atoms with Crippen LogP contribution in [0.5, 0.6) is 0 Å². The molecule has 1 aromatic rings. The summed E-state index contributed by atoms with van der Waals surface area (Å²) in [5.41, 5.74) is 7.10. The Hall–Kier alpha value is -0.720. The number of hydrogen-bond acceptors (Lipinski definition) is 4. The molecule has 1 aliphatic rings. The van der Waals surface area contributed by atoms with Crippen molar-refractivity contribution in [3.05, 3.63) is 28.7 Å². The van der Waals surface area contributed by atoms with Crippen LogP contribution in [0.15, 0.2) is 28.7 Å². The lowest BCUT2D eigenvalue weighted by Crippen LogP contribution is -2.46. The first-order chi connectivity index (χ1) is 10.1. The summed E-state index contributed by atoms with van der Waals surface area (Å²) in [7, 11) is 0. The first-order valence-electron chi connectivity index (χ1n) is 7.15. The highest BCUT2D eigenvalue weighted by Gasteiger charge is 2.25. The van der Waals surface area contributed by atoms with Gasteiger partial charge in [-0.3, -0.25) is 4.79 Å². The molecule has 1 aromatic carbocycles. The van der Waals surface area contributed by atoms with Gasteiger partial charge in [-0.15, -0.1) is 0 Å². The molecular weight excluding hydrogens is 350 g/mol. The van der Waals surface area contributed by atoms with Crippen LogP contribution in [-0.4, -0.2) is 43.1 Å². The molecule has 4 nitrogen and oxygen atoms in total. The molecule has 3 N–H and O–H groups in total. The Morgan fingerprint density at radius 2 is 2.24 bits per heavy atom. The number of thioether (sulfide) groups is 1. The zero-order valence-electron chi connectivity index (χ0n) is 12.2. The number of benzene rings is 1. The quantitative estimate of drug-likeness (QED) is 0.804. The molecule has 0 radical (unpaired) electrons. The second kappa shape index (κ2) is 8.06. The van der Waals surface area contributed by atoms with E-state index in [0.29, 0.717) is 0 Å². The predicted octanol–water partition coefficient (Wildman–Crippen LogP) is 2.22. The second-order valence-corrected chi connectivity index (χ2v) is 7.21. The van der Waals surface area contributed by atoms with E-state index in [1.54, 1.807) is 11.8 Å². The first-order valence-corrected chi connectivity index (χ1v) is 9.34. The number of nitrogens with zero attached hydrogens (tertiary/aromatic N) is 1. The normalized spacial score (nSPS) is 19.6. The fourth-order valence-electron chi connectivity index (χ4n) is 2.45. The molecule has 2 atom stereocenters. The van der Waals surface area contributed by atoms with Crippen LogP contribution >= 0.6 is 27.7 Å². The van der Waals surface area contributed by atoms with Crippen molar-refractivity contribution >= 4 is 39.3 Å². The van der Waals surface area contributed by atoms with E-state index < -0.39 is 0 Å². The summed E-state index contributed by atoms with van der Waals surface area (Å²) in [6, 6.07) is 8.08. The van der Waals surface area contributed by atoms with Crippen molar-refractivity contribution in [3.63, 3.8) is 0 Å². The lowest BCUT2D eigenvalue weighted by Gasteiger charge is -2.20. The van der Waals surface area contributed by atoms with Gasteiger partial charge in [0.15, 0.2) is 0 Å². The van der Waals surface area contributed by atoms with E-state index in [0.717, 1.165) is 36.2 Å². The number of rotatable bonds is 6. The van der Waals surface area contributed by atoms with Crippen molar-refractivity contribution in [2.75, 3.05) is 30.0 Å². The van der Waals surface area contributed by atoms with Gasteiger partial charge in [-0.05, 0) is 49.1 Å². The number of amides is 1. The van der Waals surface area contributed by atoms with Gasteiger partial charge in [-0.2, -0.15) is 11.8 Å². The van der Waals surface area contributed by atoms with Gasteiger partial charge in [0.25, 0.3) is 0 Å². The minimum Gasteiger partial charge on any atom is -0.369 e. The summed E-state index contributed by atoms with van der Waals surface area (Å²) < 4.78 is 1.08. The second-order valence-electron chi connectivity index (χ2n) is 5.30. The lowest BCUT2D eigenvalue weighted by molar-refractivity contribution is -0.122. The monoisotopic (exact) mass is 371 g/mol. The van der Waals surface area contributed by atoms with Crippen molar-refractivity contribution in [3.8, 4) is 0 Å². The van der Waals surface area contributed by atoms with Crippen LogP contribution in [0.2, 0.25) is 0 Å². The highest BCUT2D eigenvalue weighted by atomic mass is 79.9. The molecule has 1 unspecified atom stereocenters. The summed E-state index contributed by atoms with van der Waals surface area (Å²) >= 11 is 5.16. The SMILES string of the molecule is CSCC[C@H](N)C(=O)NC1CCN(c2ccc(Br)cc2)C1. The van der Waals surface area contributed by atoms with Crippen LogP contribution in [0.1, 0.15) is 12.8 Å². The Labute approximate surface area is 139 Å². The molecule has 1 fully saturated rings. The molecule has 116 valence electrons. The number of nitrogens with two attached hydrogens (primary N) is 1. The summed E-state index contributed by atoms with van der Waals surface area (Å²) in [4.78, 5) is 14.3. The van der Waals surface area contributed by atoms with Crippen molar-refractivity contribution in [1.29, 1.82) is 0 Å². The number of carbonyl (C=O) groups is 1. The maximum Gasteiger partial charge on any atom is 0.237 e. The minimum atomic E-state index is -0.390. The van der Waals surface area contributed by atoms with Gasteiger partial charge in [0.05, 0.1) is 6.04 Å². The fraction of sp³-hybridized carbons (Fsp3) is 0.533. The summed E-state index contributed by atoms with van der Waals surface area (Å²) in [6.45, 7) is 1.81. The van der Waals surface area contributed by atoms with E-state index in [1.807, 2.05) is 18.4 Å². The average Bonchev–Trinajstić information content (AvgIpc) is 2.93. The summed E-state index contributed by atoms with van der Waals surface area (Å²) in [6.07, 6.45) is 3.73. The van der Waals surface area contributed by atoms with Gasteiger partial charge in [0.1, 0.15) is 0 Å². The van der Waals surface area contributed by atoms with E-state index in [2.05, 4.69) is 38.3 Å². The molecule has 1 aliphatic heterocycles. The average molecular weight is 372 g/mol. The number of hydrogen-bond donors (Lipinski definition) is 2. The van der Waals surface area contributed by atoms with Crippen molar-refractivity contribution in [2.24, 2.45) is 5.73 Å². The van der Waals surface area contributed by atoms with Gasteiger partial charge in [0, 0.05) is 29.3 Å². The third-order valence-corrected chi connectivity index (χ3v) is 4.87. The molecule has 1 heterocycles. The number of halogens is 1. The molecule has 1 saturated heterocycles. The maximum absolute atomic E-state index is 12.0. The van der Waals surface area contributed by atoms with Gasteiger partial charge in [-0.1, -0.05) is 15.9 Å². The van der Waals surface area contributed by atoms with Gasteiger partial charge < -0.3 is 16.0 Å². The van der Waals surface area contributed by atoms with E-state index in [4.69, 9.17) is 5.73 Å². The number of carbonyl (C=O) groups excluding carboxylic acids is 1. The molecule has 21 heavy (non-hydrogen) atoms. The summed E-state index contributed by atoms with van der Waals surface area (Å²) in [5.74, 6) is 0.899. The smallest absolute Gasteiger partial charge is 0.237 e. The van der Waals surface area contributed by atoms with Crippen molar-refractivity contribution in [1.82, 2.24) is 5.32 Å². The largest absolute Gasteiger partial charge is 0.369 e. The summed E-state index contributed by atoms with van der Waals surface area (Å²) in [5, 5.41) is 3.07. The van der Waals surface area contributed by atoms with Crippen LogP contribution in [0, 0.1) is 0 Å². The predicted molar refractivity (Wildman–Crippen MR) is 93.9 cm³/mol. The third-order valence-electron chi connectivity index (χ3n) is 3.70. The van der Waals surface area contributed by atoms with Gasteiger partial charge in [-0.25, -0.2) is 0 Å². The van der Waals surface area contributed by atoms with E-state index in [1.165, 1.54) is 5.69 Å². The number of nitrogens with one attached hydrogen (secondary N) is 1. The van der Waals surface area contributed by atoms with Crippen LogP contribution < -0.4 is 16.0 Å². The van der Waals surface area contributed by atoms with Crippen molar-refractivity contribution in [2.45, 2.75) is 24.9 Å². The molecule has 1 amide bonds. The van der Waals surface area contributed by atoms with Crippen LogP contribution in [0.4, 0.5) is 5.69 Å². The van der Waals surface area contributed by atoms with E-state index in [9.17, 15) is 4.79 Å². The molecular formula is C15H22BrN3OS. The Bertz CT molecular complexity index is 468. The van der Waals surface area contributed by atoms with Crippen LogP contribution in [-0.2, 0) is 4.79 Å². The van der Waals surface area contributed by atoms with Crippen LogP contribution in [0.25, 0.3) is 0 Å². The highest BCUT2D eigenvalue weighted by molar-refractivity contribution is 9.10. The van der Waals surface area contributed by atoms with E-state index >= 15 is 0 Å². The molecule has 2 rings (SSSR count). The zero-order valence-corrected chi connectivity index (χ0v) is 14.6. The fourth-order valence-corrected chi connectivity index (χ4v) is 3.20. The Balaban J connectivity index is 1.82. The molecule has 0 bridgehead atoms. The standard InChI is InChI=1S/C15H22BrN3OS/c1-21-9-7-14(17)15(20)18-12-6-8-19(10-12)13-4-2-11(16)3-5-13/h2-5,12,14H,6-10,17H2,1H3,(H,18,20)/t12?,14-/m0/s1. The van der Waals surface area contributed by atoms with Crippen LogP contribution in [0.3, 0.4) is 0 Å². The minimum absolute atomic E-state index is 0.0216. The molecule has 6 heteroatoms. The van der Waals surface area contributed by atoms with Gasteiger partial charge in [0.2, 0.25) is 5.91 Å². The maximum atomic E-state index is 12.0. The Morgan fingerprint density at radius 1 is 1.52 bits per heavy atom. The van der Waals surface area contributed by atoms with E-state index in [-0.39, 0.29) is 18.0 Å². The van der Waals surface area contributed by atoms with Crippen molar-refractivity contribution < 1.29 is 4.79 Å². The highest BCUT2D eigenvalue weighted by Crippen LogP contribution is 2.22. The first kappa shape index (κ1) is 16.6. The lowest BCUT2D eigenvalue weighted by atomic mass is 10.2. The molecule has 0 aliphatic carbocycles. The Morgan fingerprint density at radius 3 is 2.90 bits per heavy atom. The van der Waals surface area contributed by atoms with Gasteiger partial charge >= 0.3 is 0 Å². The molecule has 0 aromatic heterocycles. The zero-order chi connectivity index (χ0) is 15.2.